The molecule has 0 aliphatic heterocycles. The van der Waals surface area contributed by atoms with E-state index >= 15 is 0 Å². The van der Waals surface area contributed by atoms with Crippen LogP contribution in [0.25, 0.3) is 0 Å². The van der Waals surface area contributed by atoms with Crippen molar-refractivity contribution in [1.82, 2.24) is 0 Å². The molecule has 0 saturated heterocycles. The van der Waals surface area contributed by atoms with E-state index in [1.165, 1.54) is 6.08 Å². The monoisotopic (exact) mass is 153 g/mol. The van der Waals surface area contributed by atoms with Gasteiger partial charge in [0.25, 0.3) is 0 Å². The summed E-state index contributed by atoms with van der Waals surface area (Å²) in [5, 5.41) is 10.8. The van der Waals surface area contributed by atoms with Gasteiger partial charge >= 0.3 is 0 Å². The summed E-state index contributed by atoms with van der Waals surface area (Å²) < 4.78 is 0.0836. The molecule has 2 nitrogen and oxygen atoms in total. The maximum Gasteiger partial charge on any atom is 0.108 e. The number of hydrogen-bond acceptors (Lipinski definition) is 2. The Labute approximate surface area is 57.4 Å². The number of halogens is 2. The minimum atomic E-state index is 0.0836. The average Bonchev–Trinajstić information content (AvgIpc) is 1.65. The summed E-state index contributed by atoms with van der Waals surface area (Å²) >= 11 is 10.4. The first-order valence-electron chi connectivity index (χ1n) is 1.88. The third-order valence-electron chi connectivity index (χ3n) is 0.476. The highest BCUT2D eigenvalue weighted by atomic mass is 35.5. The van der Waals surface area contributed by atoms with Crippen LogP contribution in [0.2, 0.25) is 0 Å². The van der Waals surface area contributed by atoms with Gasteiger partial charge in [0.15, 0.2) is 0 Å². The fraction of sp³-hybridized carbons (Fsp3) is 0.250. The van der Waals surface area contributed by atoms with E-state index in [9.17, 15) is 0 Å². The van der Waals surface area contributed by atoms with E-state index in [2.05, 4.69) is 5.16 Å². The molecule has 0 aromatic heterocycles. The minimum Gasteiger partial charge on any atom is -0.411 e. The van der Waals surface area contributed by atoms with Crippen molar-refractivity contribution in [2.45, 2.75) is 6.92 Å². The quantitative estimate of drug-likeness (QED) is 0.350. The molecule has 0 saturated carbocycles. The molecule has 1 N–H and O–H groups in total. The van der Waals surface area contributed by atoms with Crippen LogP contribution in [0, 0.1) is 0 Å². The van der Waals surface area contributed by atoms with Gasteiger partial charge in [-0.3, -0.25) is 0 Å². The topological polar surface area (TPSA) is 32.6 Å². The zero-order valence-electron chi connectivity index (χ0n) is 4.23. The molecular weight excluding hydrogens is 149 g/mol. The lowest BCUT2D eigenvalue weighted by Crippen LogP contribution is -1.81. The molecule has 0 aromatic carbocycles. The Balaban J connectivity index is 3.89. The molecule has 0 atom stereocenters. The predicted octanol–water partition coefficient (Wildman–Crippen LogP) is 2.16. The number of oxime groups is 1. The van der Waals surface area contributed by atoms with Gasteiger partial charge in [0, 0.05) is 0 Å². The lowest BCUT2D eigenvalue weighted by molar-refractivity contribution is 0.319. The SMILES string of the molecule is CC(C=C(Cl)Cl)=NO. The second-order valence-electron chi connectivity index (χ2n) is 1.18. The number of nitrogens with zero attached hydrogens (tertiary/aromatic N) is 1. The van der Waals surface area contributed by atoms with Crippen LogP contribution in [0.5, 0.6) is 0 Å². The Morgan fingerprint density at radius 1 is 1.62 bits per heavy atom. The van der Waals surface area contributed by atoms with Gasteiger partial charge in [-0.25, -0.2) is 0 Å². The van der Waals surface area contributed by atoms with Crippen LogP contribution >= 0.6 is 23.2 Å². The molecular formula is C4H5Cl2NO. The Bertz CT molecular complexity index is 126. The Hall–Kier alpha value is -0.210. The molecule has 4 heteroatoms. The van der Waals surface area contributed by atoms with Gasteiger partial charge in [-0.2, -0.15) is 0 Å². The summed E-state index contributed by atoms with van der Waals surface area (Å²) in [5.74, 6) is 0. The molecule has 0 spiro atoms. The van der Waals surface area contributed by atoms with Crippen LogP contribution < -0.4 is 0 Å². The van der Waals surface area contributed by atoms with Crippen molar-refractivity contribution in [1.29, 1.82) is 0 Å². The van der Waals surface area contributed by atoms with E-state index in [-0.39, 0.29) is 4.49 Å². The Kier molecular flexibility index (Phi) is 3.65. The van der Waals surface area contributed by atoms with Gasteiger partial charge in [-0.1, -0.05) is 28.4 Å². The molecule has 46 valence electrons. The van der Waals surface area contributed by atoms with Gasteiger partial charge in [-0.15, -0.1) is 0 Å². The molecule has 0 heterocycles. The van der Waals surface area contributed by atoms with Crippen molar-refractivity contribution in [3.63, 3.8) is 0 Å². The smallest absolute Gasteiger partial charge is 0.108 e. The summed E-state index contributed by atoms with van der Waals surface area (Å²) in [5.41, 5.74) is 0.380. The molecule has 0 aromatic rings. The van der Waals surface area contributed by atoms with E-state index < -0.39 is 0 Å². The van der Waals surface area contributed by atoms with E-state index in [1.807, 2.05) is 0 Å². The fourth-order valence-electron chi connectivity index (χ4n) is 0.187. The van der Waals surface area contributed by atoms with Crippen LogP contribution in [-0.4, -0.2) is 10.9 Å². The van der Waals surface area contributed by atoms with E-state index in [0.717, 1.165) is 0 Å². The van der Waals surface area contributed by atoms with E-state index in [4.69, 9.17) is 28.4 Å². The Morgan fingerprint density at radius 3 is 2.25 bits per heavy atom. The molecule has 8 heavy (non-hydrogen) atoms. The van der Waals surface area contributed by atoms with Crippen molar-refractivity contribution in [2.24, 2.45) is 5.16 Å². The first-order valence-corrected chi connectivity index (χ1v) is 2.63. The summed E-state index contributed by atoms with van der Waals surface area (Å²) in [7, 11) is 0. The Morgan fingerprint density at radius 2 is 2.12 bits per heavy atom. The molecule has 0 aliphatic rings. The normalized spacial score (nSPS) is 11.1. The highest BCUT2D eigenvalue weighted by molar-refractivity contribution is 6.56. The second-order valence-corrected chi connectivity index (χ2v) is 2.18. The van der Waals surface area contributed by atoms with Crippen LogP contribution in [0.1, 0.15) is 6.92 Å². The van der Waals surface area contributed by atoms with E-state index in [0.29, 0.717) is 5.71 Å². The van der Waals surface area contributed by atoms with Crippen LogP contribution in [-0.2, 0) is 0 Å². The predicted molar refractivity (Wildman–Crippen MR) is 34.7 cm³/mol. The van der Waals surface area contributed by atoms with Crippen molar-refractivity contribution >= 4 is 28.9 Å². The summed E-state index contributed by atoms with van der Waals surface area (Å²) in [4.78, 5) is 0. The van der Waals surface area contributed by atoms with Crippen LogP contribution in [0.3, 0.4) is 0 Å². The lowest BCUT2D eigenvalue weighted by Gasteiger charge is -1.82. The first-order chi connectivity index (χ1) is 3.66. The number of rotatable bonds is 1. The van der Waals surface area contributed by atoms with Crippen molar-refractivity contribution < 1.29 is 5.21 Å². The summed E-state index contributed by atoms with van der Waals surface area (Å²) in [6, 6.07) is 0. The summed E-state index contributed by atoms with van der Waals surface area (Å²) in [6.07, 6.45) is 1.34. The fourth-order valence-corrected chi connectivity index (χ4v) is 0.503. The highest BCUT2D eigenvalue weighted by Crippen LogP contribution is 2.05. The number of allylic oxidation sites excluding steroid dienone is 1. The second kappa shape index (κ2) is 3.75. The van der Waals surface area contributed by atoms with Gasteiger partial charge in [0.1, 0.15) is 4.49 Å². The molecule has 0 rings (SSSR count). The molecule has 0 bridgehead atoms. The largest absolute Gasteiger partial charge is 0.411 e. The third kappa shape index (κ3) is 3.96. The maximum absolute atomic E-state index is 8.01. The van der Waals surface area contributed by atoms with Gasteiger partial charge < -0.3 is 5.21 Å². The standard InChI is InChI=1S/C4H5Cl2NO/c1-3(7-8)2-4(5)6/h2,8H,1H3. The molecule has 0 fully saturated rings. The number of hydrogen-bond donors (Lipinski definition) is 1. The van der Waals surface area contributed by atoms with Crippen molar-refractivity contribution in [2.75, 3.05) is 0 Å². The third-order valence-corrected chi connectivity index (χ3v) is 0.694. The molecule has 0 amide bonds. The van der Waals surface area contributed by atoms with Gasteiger partial charge in [0.2, 0.25) is 0 Å². The zero-order valence-corrected chi connectivity index (χ0v) is 5.74. The summed E-state index contributed by atoms with van der Waals surface area (Å²) in [6.45, 7) is 1.57. The molecule has 0 radical (unpaired) electrons. The van der Waals surface area contributed by atoms with E-state index in [1.54, 1.807) is 6.92 Å². The van der Waals surface area contributed by atoms with Gasteiger partial charge in [-0.05, 0) is 13.0 Å². The first kappa shape index (κ1) is 7.79. The molecule has 0 unspecified atom stereocenters. The lowest BCUT2D eigenvalue weighted by atomic mass is 10.4. The van der Waals surface area contributed by atoms with Crippen molar-refractivity contribution in [3.05, 3.63) is 10.6 Å². The zero-order chi connectivity index (χ0) is 6.57. The molecule has 0 aliphatic carbocycles. The minimum absolute atomic E-state index is 0.0836. The van der Waals surface area contributed by atoms with Crippen molar-refractivity contribution in [3.8, 4) is 0 Å². The van der Waals surface area contributed by atoms with Crippen LogP contribution in [0.4, 0.5) is 0 Å². The average molecular weight is 154 g/mol. The van der Waals surface area contributed by atoms with Gasteiger partial charge in [0.05, 0.1) is 5.71 Å². The highest BCUT2D eigenvalue weighted by Gasteiger charge is 1.85. The van der Waals surface area contributed by atoms with Crippen LogP contribution in [0.15, 0.2) is 15.7 Å². The maximum atomic E-state index is 8.01.